The van der Waals surface area contributed by atoms with E-state index in [1.807, 2.05) is 79.4 Å². The van der Waals surface area contributed by atoms with Gasteiger partial charge in [0.25, 0.3) is 5.91 Å². The van der Waals surface area contributed by atoms with Crippen molar-refractivity contribution in [2.24, 2.45) is 0 Å². The summed E-state index contributed by atoms with van der Waals surface area (Å²) < 4.78 is 0. The molecule has 5 rings (SSSR count). The summed E-state index contributed by atoms with van der Waals surface area (Å²) in [5, 5.41) is 3.53. The molecule has 4 aromatic rings. The number of carbonyl (C=O) groups is 1. The standard InChI is InChI=1S/C26H23N3O/c1-26(2)28-21-16-10-9-15-20(21)25(30)29(26)23-17-22(18-11-5-3-6-12-18)27-24(23)19-13-7-4-8-14-19/h3-17,27-28H,1-2H3. The van der Waals surface area contributed by atoms with Crippen LogP contribution in [0.1, 0.15) is 24.2 Å². The molecule has 148 valence electrons. The number of carbonyl (C=O) groups excluding carboxylic acids is 1. The van der Waals surface area contributed by atoms with Crippen molar-refractivity contribution in [1.82, 2.24) is 4.98 Å². The average Bonchev–Trinajstić information content (AvgIpc) is 3.19. The number of rotatable bonds is 3. The molecular weight excluding hydrogens is 370 g/mol. The highest BCUT2D eigenvalue weighted by Crippen LogP contribution is 2.41. The zero-order valence-electron chi connectivity index (χ0n) is 17.0. The molecule has 2 heterocycles. The summed E-state index contributed by atoms with van der Waals surface area (Å²) in [4.78, 5) is 19.1. The lowest BCUT2D eigenvalue weighted by Gasteiger charge is -2.44. The summed E-state index contributed by atoms with van der Waals surface area (Å²) in [5.41, 5.74) is 5.84. The van der Waals surface area contributed by atoms with E-state index in [-0.39, 0.29) is 5.91 Å². The van der Waals surface area contributed by atoms with Gasteiger partial charge in [-0.05, 0) is 37.6 Å². The number of nitrogens with zero attached hydrogens (tertiary/aromatic N) is 1. The maximum atomic E-state index is 13.6. The average molecular weight is 393 g/mol. The predicted octanol–water partition coefficient (Wildman–Crippen LogP) is 6.16. The monoisotopic (exact) mass is 393 g/mol. The number of amides is 1. The lowest BCUT2D eigenvalue weighted by molar-refractivity contribution is 0.0961. The summed E-state index contributed by atoms with van der Waals surface area (Å²) in [5.74, 6) is -0.00913. The lowest BCUT2D eigenvalue weighted by Crippen LogP contribution is -2.56. The van der Waals surface area contributed by atoms with E-state index in [0.29, 0.717) is 5.56 Å². The van der Waals surface area contributed by atoms with Gasteiger partial charge in [0.05, 0.1) is 16.9 Å². The Kier molecular flexibility index (Phi) is 4.21. The third-order valence-corrected chi connectivity index (χ3v) is 5.55. The van der Waals surface area contributed by atoms with Crippen LogP contribution in [0.2, 0.25) is 0 Å². The second kappa shape index (κ2) is 6.92. The van der Waals surface area contributed by atoms with Gasteiger partial charge in [0.2, 0.25) is 0 Å². The number of fused-ring (bicyclic) bond motifs is 1. The number of hydrogen-bond acceptors (Lipinski definition) is 2. The van der Waals surface area contributed by atoms with Crippen molar-refractivity contribution in [3.63, 3.8) is 0 Å². The minimum Gasteiger partial charge on any atom is -0.362 e. The number of para-hydroxylation sites is 1. The number of aromatic nitrogens is 1. The van der Waals surface area contributed by atoms with Gasteiger partial charge in [-0.2, -0.15) is 0 Å². The molecule has 1 aliphatic rings. The molecule has 0 saturated carbocycles. The molecule has 1 aliphatic heterocycles. The molecule has 0 spiro atoms. The predicted molar refractivity (Wildman–Crippen MR) is 123 cm³/mol. The largest absolute Gasteiger partial charge is 0.362 e. The molecule has 1 amide bonds. The Bertz CT molecular complexity index is 1210. The molecule has 4 nitrogen and oxygen atoms in total. The number of aromatic amines is 1. The highest BCUT2D eigenvalue weighted by atomic mass is 16.2. The highest BCUT2D eigenvalue weighted by molar-refractivity contribution is 6.14. The quantitative estimate of drug-likeness (QED) is 0.438. The van der Waals surface area contributed by atoms with Gasteiger partial charge in [0.15, 0.2) is 0 Å². The van der Waals surface area contributed by atoms with E-state index < -0.39 is 5.66 Å². The van der Waals surface area contributed by atoms with E-state index in [9.17, 15) is 4.79 Å². The molecule has 30 heavy (non-hydrogen) atoms. The molecule has 4 heteroatoms. The van der Waals surface area contributed by atoms with Crippen molar-refractivity contribution >= 4 is 17.3 Å². The second-order valence-electron chi connectivity index (χ2n) is 8.05. The summed E-state index contributed by atoms with van der Waals surface area (Å²) in [6.07, 6.45) is 0. The molecular formula is C26H23N3O. The minimum atomic E-state index is -0.592. The maximum absolute atomic E-state index is 13.6. The van der Waals surface area contributed by atoms with Crippen LogP contribution >= 0.6 is 0 Å². The Labute approximate surface area is 176 Å². The van der Waals surface area contributed by atoms with Crippen molar-refractivity contribution < 1.29 is 4.79 Å². The van der Waals surface area contributed by atoms with E-state index >= 15 is 0 Å². The van der Waals surface area contributed by atoms with Gasteiger partial charge in [-0.1, -0.05) is 72.8 Å². The summed E-state index contributed by atoms with van der Waals surface area (Å²) in [7, 11) is 0. The Balaban J connectivity index is 1.72. The fourth-order valence-corrected chi connectivity index (χ4v) is 4.17. The topological polar surface area (TPSA) is 48.1 Å². The fraction of sp³-hybridized carbons (Fsp3) is 0.115. The van der Waals surface area contributed by atoms with Crippen LogP contribution < -0.4 is 10.2 Å². The third-order valence-electron chi connectivity index (χ3n) is 5.55. The first-order chi connectivity index (χ1) is 14.5. The van der Waals surface area contributed by atoms with Gasteiger partial charge < -0.3 is 10.3 Å². The summed E-state index contributed by atoms with van der Waals surface area (Å²) in [6.45, 7) is 4.07. The second-order valence-corrected chi connectivity index (χ2v) is 8.05. The summed E-state index contributed by atoms with van der Waals surface area (Å²) >= 11 is 0. The van der Waals surface area contributed by atoms with Crippen LogP contribution in [0.25, 0.3) is 22.5 Å². The van der Waals surface area contributed by atoms with Crippen molar-refractivity contribution in [2.45, 2.75) is 19.5 Å². The number of anilines is 2. The van der Waals surface area contributed by atoms with E-state index in [2.05, 4.69) is 40.6 Å². The van der Waals surface area contributed by atoms with Gasteiger partial charge in [-0.15, -0.1) is 0 Å². The molecule has 0 unspecified atom stereocenters. The van der Waals surface area contributed by atoms with Crippen LogP contribution in [0.15, 0.2) is 91.0 Å². The van der Waals surface area contributed by atoms with Crippen molar-refractivity contribution in [1.29, 1.82) is 0 Å². The first-order valence-electron chi connectivity index (χ1n) is 10.1. The number of nitrogens with one attached hydrogen (secondary N) is 2. The van der Waals surface area contributed by atoms with Crippen LogP contribution in [0.4, 0.5) is 11.4 Å². The first kappa shape index (κ1) is 18.3. The van der Waals surface area contributed by atoms with Gasteiger partial charge in [0, 0.05) is 16.9 Å². The number of H-pyrrole nitrogens is 1. The Hall–Kier alpha value is -3.79. The molecule has 0 atom stereocenters. The van der Waals surface area contributed by atoms with Gasteiger partial charge in [-0.25, -0.2) is 0 Å². The van der Waals surface area contributed by atoms with Crippen LogP contribution in [-0.2, 0) is 0 Å². The molecule has 0 fully saturated rings. The van der Waals surface area contributed by atoms with Gasteiger partial charge in [0.1, 0.15) is 5.66 Å². The third kappa shape index (κ3) is 2.98. The van der Waals surface area contributed by atoms with E-state index in [0.717, 1.165) is 33.9 Å². The first-order valence-corrected chi connectivity index (χ1v) is 10.1. The Morgan fingerprint density at radius 3 is 2.07 bits per heavy atom. The van der Waals surface area contributed by atoms with E-state index in [1.165, 1.54) is 0 Å². The van der Waals surface area contributed by atoms with Crippen molar-refractivity contribution in [3.05, 3.63) is 96.6 Å². The molecule has 0 bridgehead atoms. The Morgan fingerprint density at radius 2 is 1.37 bits per heavy atom. The van der Waals surface area contributed by atoms with E-state index in [4.69, 9.17) is 0 Å². The molecule has 3 aromatic carbocycles. The molecule has 0 radical (unpaired) electrons. The molecule has 2 N–H and O–H groups in total. The molecule has 0 aliphatic carbocycles. The SMILES string of the molecule is CC1(C)Nc2ccccc2C(=O)N1c1cc(-c2ccccc2)[nH]c1-c1ccccc1. The fourth-order valence-electron chi connectivity index (χ4n) is 4.17. The zero-order valence-corrected chi connectivity index (χ0v) is 17.0. The smallest absolute Gasteiger partial charge is 0.262 e. The van der Waals surface area contributed by atoms with Crippen LogP contribution in [0, 0.1) is 0 Å². The van der Waals surface area contributed by atoms with Crippen LogP contribution in [-0.4, -0.2) is 16.6 Å². The van der Waals surface area contributed by atoms with Gasteiger partial charge >= 0.3 is 0 Å². The van der Waals surface area contributed by atoms with E-state index in [1.54, 1.807) is 0 Å². The van der Waals surface area contributed by atoms with Crippen molar-refractivity contribution in [2.75, 3.05) is 10.2 Å². The lowest BCUT2D eigenvalue weighted by atomic mass is 10.00. The Morgan fingerprint density at radius 1 is 0.767 bits per heavy atom. The normalized spacial score (nSPS) is 14.9. The molecule has 1 aromatic heterocycles. The van der Waals surface area contributed by atoms with Crippen LogP contribution in [0.5, 0.6) is 0 Å². The van der Waals surface area contributed by atoms with Gasteiger partial charge in [-0.3, -0.25) is 9.69 Å². The maximum Gasteiger partial charge on any atom is 0.262 e. The van der Waals surface area contributed by atoms with Crippen LogP contribution in [0.3, 0.4) is 0 Å². The summed E-state index contributed by atoms with van der Waals surface area (Å²) in [6, 6.07) is 30.1. The molecule has 0 saturated heterocycles. The number of hydrogen-bond donors (Lipinski definition) is 2. The van der Waals surface area contributed by atoms with Crippen molar-refractivity contribution in [3.8, 4) is 22.5 Å². The highest BCUT2D eigenvalue weighted by Gasteiger charge is 2.40. The minimum absolute atomic E-state index is 0.00913. The number of benzene rings is 3. The zero-order chi connectivity index (χ0) is 20.7.